The van der Waals surface area contributed by atoms with Crippen LogP contribution in [0.2, 0.25) is 0 Å². The van der Waals surface area contributed by atoms with Gasteiger partial charge in [0.2, 0.25) is 0 Å². The molecule has 3 rings (SSSR count). The monoisotopic (exact) mass is 360 g/mol. The quantitative estimate of drug-likeness (QED) is 0.805. The van der Waals surface area contributed by atoms with Gasteiger partial charge in [0.15, 0.2) is 0 Å². The lowest BCUT2D eigenvalue weighted by atomic mass is 9.93. The number of rotatable bonds is 2. The fraction of sp³-hybridized carbons (Fsp3) is 0.462. The van der Waals surface area contributed by atoms with Crippen molar-refractivity contribution in [3.63, 3.8) is 0 Å². The molecule has 0 aliphatic heterocycles. The Labute approximate surface area is 127 Å². The first-order valence-corrected chi connectivity index (χ1v) is 6.64. The molecule has 132 valence electrons. The summed E-state index contributed by atoms with van der Waals surface area (Å²) in [7, 11) is 0. The summed E-state index contributed by atoms with van der Waals surface area (Å²) in [6, 6.07) is -0.0612. The van der Waals surface area contributed by atoms with Gasteiger partial charge in [0.1, 0.15) is 5.82 Å². The number of aromatic nitrogens is 2. The summed E-state index contributed by atoms with van der Waals surface area (Å²) in [4.78, 5) is 13.9. The lowest BCUT2D eigenvalue weighted by Gasteiger charge is -2.30. The molecule has 1 heterocycles. The van der Waals surface area contributed by atoms with Crippen LogP contribution in [-0.4, -0.2) is 21.9 Å². The third kappa shape index (κ3) is 2.20. The number of fused-ring (bicyclic) bond motifs is 1. The second kappa shape index (κ2) is 4.73. The highest BCUT2D eigenvalue weighted by Gasteiger charge is 2.74. The fourth-order valence-corrected chi connectivity index (χ4v) is 2.57. The fourth-order valence-electron chi connectivity index (χ4n) is 2.57. The molecule has 1 aliphatic rings. The SMILES string of the molecule is O=c1[nH]c2cc(F)c(C(F)(C(F)(F)F)C(F)(F)F)cc2n1C1CC1. The van der Waals surface area contributed by atoms with Crippen LogP contribution in [-0.2, 0) is 5.67 Å². The van der Waals surface area contributed by atoms with E-state index in [1.54, 1.807) is 0 Å². The smallest absolute Gasteiger partial charge is 0.305 e. The van der Waals surface area contributed by atoms with E-state index in [-0.39, 0.29) is 17.6 Å². The molecule has 0 radical (unpaired) electrons. The van der Waals surface area contributed by atoms with Crippen molar-refractivity contribution in [1.29, 1.82) is 0 Å². The van der Waals surface area contributed by atoms with Crippen molar-refractivity contribution in [1.82, 2.24) is 9.55 Å². The minimum atomic E-state index is -6.43. The lowest BCUT2D eigenvalue weighted by molar-refractivity contribution is -0.349. The van der Waals surface area contributed by atoms with Gasteiger partial charge in [0.25, 0.3) is 0 Å². The van der Waals surface area contributed by atoms with Crippen molar-refractivity contribution in [2.45, 2.75) is 36.9 Å². The average Bonchev–Trinajstić information content (AvgIpc) is 3.18. The van der Waals surface area contributed by atoms with Crippen molar-refractivity contribution in [2.24, 2.45) is 0 Å². The zero-order chi connectivity index (χ0) is 18.1. The first-order chi connectivity index (χ1) is 10.9. The summed E-state index contributed by atoms with van der Waals surface area (Å²) in [6.07, 6.45) is -11.9. The highest BCUT2D eigenvalue weighted by atomic mass is 19.4. The molecule has 1 aromatic carbocycles. The number of hydrogen-bond acceptors (Lipinski definition) is 1. The number of nitrogens with one attached hydrogen (secondary N) is 1. The van der Waals surface area contributed by atoms with Gasteiger partial charge in [0, 0.05) is 11.6 Å². The number of halogens is 8. The van der Waals surface area contributed by atoms with Gasteiger partial charge in [-0.1, -0.05) is 0 Å². The van der Waals surface area contributed by atoms with Gasteiger partial charge in [-0.2, -0.15) is 26.3 Å². The Morgan fingerprint density at radius 3 is 2.00 bits per heavy atom. The summed E-state index contributed by atoms with van der Waals surface area (Å²) in [5, 5.41) is 0. The zero-order valence-corrected chi connectivity index (χ0v) is 11.5. The molecule has 1 aliphatic carbocycles. The Kier molecular flexibility index (Phi) is 3.31. The topological polar surface area (TPSA) is 37.8 Å². The van der Waals surface area contributed by atoms with Gasteiger partial charge in [-0.25, -0.2) is 13.6 Å². The molecule has 3 nitrogen and oxygen atoms in total. The summed E-state index contributed by atoms with van der Waals surface area (Å²) in [5.74, 6) is -2.05. The molecule has 1 N–H and O–H groups in total. The molecular weight excluding hydrogens is 352 g/mol. The van der Waals surface area contributed by atoms with Crippen molar-refractivity contribution in [3.05, 3.63) is 34.0 Å². The predicted octanol–water partition coefficient (Wildman–Crippen LogP) is 4.09. The highest BCUT2D eigenvalue weighted by Crippen LogP contribution is 2.54. The minimum absolute atomic E-state index is 0.0991. The van der Waals surface area contributed by atoms with E-state index >= 15 is 0 Å². The van der Waals surface area contributed by atoms with Crippen LogP contribution in [0.15, 0.2) is 16.9 Å². The maximum absolute atomic E-state index is 14.1. The second-order valence-corrected chi connectivity index (χ2v) is 5.53. The normalized spacial score (nSPS) is 16.8. The maximum Gasteiger partial charge on any atom is 0.436 e. The van der Waals surface area contributed by atoms with Crippen LogP contribution in [0, 0.1) is 5.82 Å². The molecule has 0 unspecified atom stereocenters. The molecule has 0 atom stereocenters. The van der Waals surface area contributed by atoms with Gasteiger partial charge in [-0.05, 0) is 25.0 Å². The van der Waals surface area contributed by atoms with E-state index in [4.69, 9.17) is 0 Å². The van der Waals surface area contributed by atoms with Gasteiger partial charge >= 0.3 is 23.7 Å². The van der Waals surface area contributed by atoms with Gasteiger partial charge in [0.05, 0.1) is 11.0 Å². The van der Waals surface area contributed by atoms with E-state index in [2.05, 4.69) is 4.98 Å². The molecular formula is C13H8F8N2O. The van der Waals surface area contributed by atoms with Crippen LogP contribution in [0.4, 0.5) is 35.1 Å². The third-order valence-corrected chi connectivity index (χ3v) is 3.87. The molecule has 1 aromatic heterocycles. The first-order valence-electron chi connectivity index (χ1n) is 6.64. The Balaban J connectivity index is 2.34. The Hall–Kier alpha value is -2.07. The van der Waals surface area contributed by atoms with Crippen molar-refractivity contribution >= 4 is 11.0 Å². The lowest BCUT2D eigenvalue weighted by Crippen LogP contribution is -2.51. The molecule has 11 heteroatoms. The van der Waals surface area contributed by atoms with E-state index in [0.29, 0.717) is 12.8 Å². The number of hydrogen-bond donors (Lipinski definition) is 1. The molecule has 1 saturated carbocycles. The van der Waals surface area contributed by atoms with Crippen LogP contribution in [0.25, 0.3) is 11.0 Å². The number of imidazole rings is 1. The molecule has 2 aromatic rings. The number of alkyl halides is 7. The van der Waals surface area contributed by atoms with Crippen LogP contribution in [0.5, 0.6) is 0 Å². The Morgan fingerprint density at radius 1 is 1.00 bits per heavy atom. The zero-order valence-electron chi connectivity index (χ0n) is 11.5. The standard InChI is InChI=1S/C13H8F8N2O/c14-7-4-8-9(23(5-1-2-5)10(24)22-8)3-6(7)11(15,12(16,17)18)13(19,20)21/h3-5H,1-2H2,(H,22,24). The summed E-state index contributed by atoms with van der Waals surface area (Å²) >= 11 is 0. The van der Waals surface area contributed by atoms with Gasteiger partial charge < -0.3 is 4.98 Å². The van der Waals surface area contributed by atoms with Crippen LogP contribution in [0.3, 0.4) is 0 Å². The number of aromatic amines is 1. The largest absolute Gasteiger partial charge is 0.436 e. The summed E-state index contributed by atoms with van der Waals surface area (Å²) in [5.41, 5.74) is -9.63. The van der Waals surface area contributed by atoms with Crippen LogP contribution in [0.1, 0.15) is 24.4 Å². The number of H-pyrrole nitrogens is 1. The first kappa shape index (κ1) is 16.8. The molecule has 0 bridgehead atoms. The van der Waals surface area contributed by atoms with Crippen LogP contribution < -0.4 is 5.69 Å². The second-order valence-electron chi connectivity index (χ2n) is 5.53. The molecule has 0 saturated heterocycles. The number of benzene rings is 1. The van der Waals surface area contributed by atoms with Gasteiger partial charge in [-0.3, -0.25) is 4.57 Å². The van der Waals surface area contributed by atoms with Crippen molar-refractivity contribution in [3.8, 4) is 0 Å². The Bertz CT molecular complexity index is 842. The maximum atomic E-state index is 14.1. The molecule has 0 amide bonds. The Morgan fingerprint density at radius 2 is 1.54 bits per heavy atom. The summed E-state index contributed by atoms with van der Waals surface area (Å²) in [6.45, 7) is 0. The number of nitrogens with zero attached hydrogens (tertiary/aromatic N) is 1. The van der Waals surface area contributed by atoms with Crippen molar-refractivity contribution < 1.29 is 35.1 Å². The van der Waals surface area contributed by atoms with E-state index in [0.717, 1.165) is 4.57 Å². The molecule has 0 spiro atoms. The highest BCUT2D eigenvalue weighted by molar-refractivity contribution is 5.77. The molecule has 1 fully saturated rings. The van der Waals surface area contributed by atoms with E-state index in [1.165, 1.54) is 0 Å². The third-order valence-electron chi connectivity index (χ3n) is 3.87. The van der Waals surface area contributed by atoms with Crippen LogP contribution >= 0.6 is 0 Å². The minimum Gasteiger partial charge on any atom is -0.305 e. The molecule has 24 heavy (non-hydrogen) atoms. The predicted molar refractivity (Wildman–Crippen MR) is 65.7 cm³/mol. The van der Waals surface area contributed by atoms with Gasteiger partial charge in [-0.15, -0.1) is 0 Å². The summed E-state index contributed by atoms with van der Waals surface area (Å²) < 4.78 is 106. The van der Waals surface area contributed by atoms with Crippen molar-refractivity contribution in [2.75, 3.05) is 0 Å². The van der Waals surface area contributed by atoms with E-state index in [9.17, 15) is 39.9 Å². The van der Waals surface area contributed by atoms with E-state index < -0.39 is 46.7 Å². The van der Waals surface area contributed by atoms with E-state index in [1.807, 2.05) is 0 Å². The average molecular weight is 360 g/mol.